The van der Waals surface area contributed by atoms with E-state index in [0.29, 0.717) is 11.6 Å². The molecule has 90 valence electrons. The van der Waals surface area contributed by atoms with E-state index in [1.165, 1.54) is 0 Å². The summed E-state index contributed by atoms with van der Waals surface area (Å²) in [5.74, 6) is -0.0430. The molecule has 15 heavy (non-hydrogen) atoms. The van der Waals surface area contributed by atoms with Crippen molar-refractivity contribution in [3.05, 3.63) is 12.2 Å². The lowest BCUT2D eigenvalue weighted by atomic mass is 10.2. The Labute approximate surface area is 99.5 Å². The van der Waals surface area contributed by atoms with Gasteiger partial charge in [0.1, 0.15) is 0 Å². The third-order valence-electron chi connectivity index (χ3n) is 2.56. The van der Waals surface area contributed by atoms with Crippen LogP contribution in [0.25, 0.3) is 0 Å². The summed E-state index contributed by atoms with van der Waals surface area (Å²) in [5, 5.41) is 2.84. The largest absolute Gasteiger partial charge is 1.00 e. The van der Waals surface area contributed by atoms with Crippen LogP contribution in [0.1, 0.15) is 20.3 Å². The van der Waals surface area contributed by atoms with Crippen LogP contribution in [0.5, 0.6) is 0 Å². The summed E-state index contributed by atoms with van der Waals surface area (Å²) in [7, 11) is 6.47. The first-order chi connectivity index (χ1) is 6.25. The van der Waals surface area contributed by atoms with Gasteiger partial charge in [0, 0.05) is 18.5 Å². The van der Waals surface area contributed by atoms with Crippen molar-refractivity contribution < 1.29 is 21.7 Å². The summed E-state index contributed by atoms with van der Waals surface area (Å²) in [5.41, 5.74) is 0.572. The van der Waals surface area contributed by atoms with Gasteiger partial charge in [-0.1, -0.05) is 6.58 Å². The van der Waals surface area contributed by atoms with Crippen LogP contribution in [0.3, 0.4) is 0 Å². The molecule has 1 amide bonds. The molecular formula is C11H23ClN2O. The van der Waals surface area contributed by atoms with Crippen molar-refractivity contribution in [3.63, 3.8) is 0 Å². The van der Waals surface area contributed by atoms with Gasteiger partial charge in [-0.25, -0.2) is 0 Å². The van der Waals surface area contributed by atoms with E-state index in [9.17, 15) is 4.79 Å². The number of carbonyl (C=O) groups excluding carboxylic acids is 1. The number of carbonyl (C=O) groups is 1. The van der Waals surface area contributed by atoms with Crippen LogP contribution in [0.15, 0.2) is 12.2 Å². The number of amides is 1. The Morgan fingerprint density at radius 3 is 2.20 bits per heavy atom. The van der Waals surface area contributed by atoms with E-state index in [4.69, 9.17) is 0 Å². The Bertz CT molecular complexity index is 221. The molecule has 0 saturated heterocycles. The number of hydrogen-bond donors (Lipinski definition) is 1. The second-order valence-electron chi connectivity index (χ2n) is 4.79. The molecule has 1 N–H and O–H groups in total. The predicted molar refractivity (Wildman–Crippen MR) is 59.9 cm³/mol. The second kappa shape index (κ2) is 6.85. The van der Waals surface area contributed by atoms with Gasteiger partial charge in [0.15, 0.2) is 0 Å². The van der Waals surface area contributed by atoms with Crippen LogP contribution in [0.4, 0.5) is 0 Å². The van der Waals surface area contributed by atoms with Crippen molar-refractivity contribution in [1.29, 1.82) is 0 Å². The average Bonchev–Trinajstić information content (AvgIpc) is 2.01. The van der Waals surface area contributed by atoms with Crippen molar-refractivity contribution in [2.24, 2.45) is 0 Å². The van der Waals surface area contributed by atoms with Crippen LogP contribution in [-0.2, 0) is 4.79 Å². The summed E-state index contributed by atoms with van der Waals surface area (Å²) in [4.78, 5) is 11.2. The van der Waals surface area contributed by atoms with Gasteiger partial charge in [-0.05, 0) is 13.8 Å². The maximum absolute atomic E-state index is 11.2. The number of halogens is 1. The Hall–Kier alpha value is -0.540. The summed E-state index contributed by atoms with van der Waals surface area (Å²) in [6.45, 7) is 8.22. The Morgan fingerprint density at radius 1 is 1.40 bits per heavy atom. The van der Waals surface area contributed by atoms with E-state index in [1.807, 2.05) is 0 Å². The maximum Gasteiger partial charge on any atom is 0.246 e. The standard InChI is InChI=1S/C11H22N2O.ClH/c1-9(2)11(14)12-8-7-10(3)13(4,5)6;/h10H,1,7-8H2,2-6H3;1H. The molecule has 0 saturated carbocycles. The minimum atomic E-state index is -0.0430. The van der Waals surface area contributed by atoms with Gasteiger partial charge in [-0.15, -0.1) is 0 Å². The topological polar surface area (TPSA) is 29.1 Å². The quantitative estimate of drug-likeness (QED) is 0.440. The molecule has 0 radical (unpaired) electrons. The Kier molecular flexibility index (Phi) is 7.71. The molecule has 0 spiro atoms. The van der Waals surface area contributed by atoms with Gasteiger partial charge in [-0.2, -0.15) is 0 Å². The highest BCUT2D eigenvalue weighted by atomic mass is 35.5. The molecule has 1 unspecified atom stereocenters. The lowest BCUT2D eigenvalue weighted by Crippen LogP contribution is -3.00. The molecule has 1 atom stereocenters. The van der Waals surface area contributed by atoms with Gasteiger partial charge in [0.2, 0.25) is 5.91 Å². The van der Waals surface area contributed by atoms with Crippen molar-refractivity contribution in [1.82, 2.24) is 5.32 Å². The monoisotopic (exact) mass is 234 g/mol. The van der Waals surface area contributed by atoms with Crippen LogP contribution < -0.4 is 17.7 Å². The molecule has 0 aromatic heterocycles. The van der Waals surface area contributed by atoms with Crippen molar-refractivity contribution >= 4 is 5.91 Å². The molecule has 0 aromatic carbocycles. The van der Waals surface area contributed by atoms with Crippen LogP contribution in [-0.4, -0.2) is 44.1 Å². The normalized spacial score (nSPS) is 12.6. The molecule has 0 bridgehead atoms. The number of rotatable bonds is 5. The van der Waals surface area contributed by atoms with Gasteiger partial charge in [0.05, 0.1) is 27.2 Å². The smallest absolute Gasteiger partial charge is 0.246 e. The number of hydrogen-bond acceptors (Lipinski definition) is 1. The molecular weight excluding hydrogens is 212 g/mol. The zero-order valence-corrected chi connectivity index (χ0v) is 11.2. The van der Waals surface area contributed by atoms with E-state index >= 15 is 0 Å². The van der Waals surface area contributed by atoms with Crippen LogP contribution >= 0.6 is 0 Å². The van der Waals surface area contributed by atoms with E-state index in [0.717, 1.165) is 17.4 Å². The molecule has 0 heterocycles. The first-order valence-corrected chi connectivity index (χ1v) is 5.00. The number of nitrogens with zero attached hydrogens (tertiary/aromatic N) is 1. The van der Waals surface area contributed by atoms with E-state index in [2.05, 4.69) is 40.0 Å². The number of nitrogens with one attached hydrogen (secondary N) is 1. The van der Waals surface area contributed by atoms with Gasteiger partial charge >= 0.3 is 0 Å². The summed E-state index contributed by atoms with van der Waals surface area (Å²) in [6.07, 6.45) is 0.989. The zero-order valence-electron chi connectivity index (χ0n) is 10.4. The molecule has 0 aliphatic heterocycles. The summed E-state index contributed by atoms with van der Waals surface area (Å²) in [6, 6.07) is 0.542. The molecule has 0 fully saturated rings. The summed E-state index contributed by atoms with van der Waals surface area (Å²) >= 11 is 0. The second-order valence-corrected chi connectivity index (χ2v) is 4.79. The van der Waals surface area contributed by atoms with Crippen LogP contribution in [0.2, 0.25) is 0 Å². The molecule has 0 aliphatic rings. The fourth-order valence-electron chi connectivity index (χ4n) is 0.933. The average molecular weight is 235 g/mol. The third kappa shape index (κ3) is 7.40. The predicted octanol–water partition coefficient (Wildman–Crippen LogP) is -1.83. The fraction of sp³-hybridized carbons (Fsp3) is 0.727. The van der Waals surface area contributed by atoms with E-state index < -0.39 is 0 Å². The van der Waals surface area contributed by atoms with Gasteiger partial charge < -0.3 is 22.2 Å². The molecule has 0 rings (SSSR count). The summed E-state index contributed by atoms with van der Waals surface area (Å²) < 4.78 is 0.920. The van der Waals surface area contributed by atoms with Crippen LogP contribution in [0, 0.1) is 0 Å². The third-order valence-corrected chi connectivity index (χ3v) is 2.56. The fourth-order valence-corrected chi connectivity index (χ4v) is 0.933. The minimum Gasteiger partial charge on any atom is -1.00 e. The van der Waals surface area contributed by atoms with Crippen molar-refractivity contribution in [2.75, 3.05) is 27.7 Å². The lowest BCUT2D eigenvalue weighted by molar-refractivity contribution is -0.894. The van der Waals surface area contributed by atoms with Crippen molar-refractivity contribution in [2.45, 2.75) is 26.3 Å². The highest BCUT2D eigenvalue weighted by molar-refractivity contribution is 5.91. The maximum atomic E-state index is 11.2. The molecule has 0 aromatic rings. The SMILES string of the molecule is C=C(C)C(=O)NCCC(C)[N+](C)(C)C.[Cl-]. The van der Waals surface area contributed by atoms with Gasteiger partial charge in [-0.3, -0.25) is 4.79 Å². The number of quaternary nitrogens is 1. The van der Waals surface area contributed by atoms with E-state index in [-0.39, 0.29) is 18.3 Å². The van der Waals surface area contributed by atoms with Crippen molar-refractivity contribution in [3.8, 4) is 0 Å². The zero-order chi connectivity index (χ0) is 11.4. The highest BCUT2D eigenvalue weighted by Gasteiger charge is 2.17. The first kappa shape index (κ1) is 16.9. The minimum absolute atomic E-state index is 0. The van der Waals surface area contributed by atoms with Gasteiger partial charge in [0.25, 0.3) is 0 Å². The van der Waals surface area contributed by atoms with E-state index in [1.54, 1.807) is 6.92 Å². The molecule has 4 heteroatoms. The molecule has 0 aliphatic carbocycles. The first-order valence-electron chi connectivity index (χ1n) is 5.00. The Balaban J connectivity index is 0. The highest BCUT2D eigenvalue weighted by Crippen LogP contribution is 2.05. The molecule has 3 nitrogen and oxygen atoms in total. The lowest BCUT2D eigenvalue weighted by Gasteiger charge is -2.31. The Morgan fingerprint density at radius 2 is 1.87 bits per heavy atom.